The average Bonchev–Trinajstić information content (AvgIpc) is 2.45. The zero-order valence-electron chi connectivity index (χ0n) is 12.5. The molecule has 120 valence electrons. The SMILES string of the molecule is CC(C)CNC(=O)NC(=O)COC(=O)Cc1ccc(Br)cc1. The molecule has 0 bridgehead atoms. The largest absolute Gasteiger partial charge is 0.455 e. The number of carbonyl (C=O) groups is 3. The van der Waals surface area contributed by atoms with E-state index in [1.165, 1.54) is 0 Å². The fraction of sp³-hybridized carbons (Fsp3) is 0.400. The predicted octanol–water partition coefficient (Wildman–Crippen LogP) is 2.02. The lowest BCUT2D eigenvalue weighted by atomic mass is 10.2. The Bertz CT molecular complexity index is 529. The molecule has 6 nitrogen and oxygen atoms in total. The van der Waals surface area contributed by atoms with Crippen molar-refractivity contribution in [1.29, 1.82) is 0 Å². The van der Waals surface area contributed by atoms with Crippen LogP contribution in [0.5, 0.6) is 0 Å². The number of esters is 1. The van der Waals surface area contributed by atoms with Crippen molar-refractivity contribution in [2.75, 3.05) is 13.2 Å². The van der Waals surface area contributed by atoms with E-state index in [9.17, 15) is 14.4 Å². The fourth-order valence-corrected chi connectivity index (χ4v) is 1.73. The third-order valence-electron chi connectivity index (χ3n) is 2.55. The lowest BCUT2D eigenvalue weighted by Crippen LogP contribution is -2.42. The number of imide groups is 1. The first-order valence-electron chi connectivity index (χ1n) is 6.84. The van der Waals surface area contributed by atoms with Crippen LogP contribution in [0.1, 0.15) is 19.4 Å². The third kappa shape index (κ3) is 7.78. The van der Waals surface area contributed by atoms with Gasteiger partial charge in [0.2, 0.25) is 0 Å². The highest BCUT2D eigenvalue weighted by Gasteiger charge is 2.11. The molecule has 2 N–H and O–H groups in total. The van der Waals surface area contributed by atoms with Gasteiger partial charge in [0.15, 0.2) is 6.61 Å². The van der Waals surface area contributed by atoms with E-state index in [1.54, 1.807) is 12.1 Å². The van der Waals surface area contributed by atoms with Gasteiger partial charge in [-0.2, -0.15) is 0 Å². The Balaban J connectivity index is 2.27. The summed E-state index contributed by atoms with van der Waals surface area (Å²) in [6, 6.07) is 6.60. The van der Waals surface area contributed by atoms with Crippen molar-refractivity contribution in [3.63, 3.8) is 0 Å². The Morgan fingerprint density at radius 3 is 2.41 bits per heavy atom. The smallest absolute Gasteiger partial charge is 0.321 e. The fourth-order valence-electron chi connectivity index (χ4n) is 1.47. The molecule has 0 fully saturated rings. The highest BCUT2D eigenvalue weighted by Crippen LogP contribution is 2.11. The molecule has 0 aromatic heterocycles. The average molecular weight is 371 g/mol. The van der Waals surface area contributed by atoms with Gasteiger partial charge in [0.1, 0.15) is 0 Å². The summed E-state index contributed by atoms with van der Waals surface area (Å²) in [5.74, 6) is -0.907. The topological polar surface area (TPSA) is 84.5 Å². The molecule has 0 aliphatic heterocycles. The molecule has 0 radical (unpaired) electrons. The van der Waals surface area contributed by atoms with Crippen LogP contribution in [-0.2, 0) is 20.7 Å². The highest BCUT2D eigenvalue weighted by atomic mass is 79.9. The second kappa shape index (κ2) is 9.19. The summed E-state index contributed by atoms with van der Waals surface area (Å²) in [5.41, 5.74) is 0.781. The molecule has 0 aliphatic carbocycles. The first kappa shape index (κ1) is 18.2. The second-order valence-electron chi connectivity index (χ2n) is 5.12. The molecule has 22 heavy (non-hydrogen) atoms. The second-order valence-corrected chi connectivity index (χ2v) is 6.03. The van der Waals surface area contributed by atoms with Crippen LogP contribution >= 0.6 is 15.9 Å². The van der Waals surface area contributed by atoms with Gasteiger partial charge in [-0.1, -0.05) is 41.9 Å². The molecule has 0 heterocycles. The molecule has 0 aliphatic rings. The minimum Gasteiger partial charge on any atom is -0.455 e. The molecule has 1 rings (SSSR count). The van der Waals surface area contributed by atoms with Crippen molar-refractivity contribution in [2.45, 2.75) is 20.3 Å². The number of hydrogen-bond donors (Lipinski definition) is 2. The number of carbonyl (C=O) groups excluding carboxylic acids is 3. The number of benzene rings is 1. The van der Waals surface area contributed by atoms with E-state index in [0.29, 0.717) is 6.54 Å². The maximum atomic E-state index is 11.6. The Hall–Kier alpha value is -1.89. The molecule has 0 unspecified atom stereocenters. The number of rotatable bonds is 6. The van der Waals surface area contributed by atoms with Crippen LogP contribution in [0, 0.1) is 5.92 Å². The van der Waals surface area contributed by atoms with Gasteiger partial charge in [0.25, 0.3) is 5.91 Å². The van der Waals surface area contributed by atoms with Crippen LogP contribution in [0.15, 0.2) is 28.7 Å². The van der Waals surface area contributed by atoms with Crippen molar-refractivity contribution in [3.05, 3.63) is 34.3 Å². The van der Waals surface area contributed by atoms with Crippen molar-refractivity contribution < 1.29 is 19.1 Å². The van der Waals surface area contributed by atoms with Crippen molar-refractivity contribution in [2.24, 2.45) is 5.92 Å². The quantitative estimate of drug-likeness (QED) is 0.750. The van der Waals surface area contributed by atoms with Gasteiger partial charge in [-0.15, -0.1) is 0 Å². The normalized spacial score (nSPS) is 10.2. The molecule has 0 atom stereocenters. The van der Waals surface area contributed by atoms with Gasteiger partial charge in [-0.05, 0) is 23.6 Å². The Morgan fingerprint density at radius 1 is 1.18 bits per heavy atom. The van der Waals surface area contributed by atoms with E-state index in [2.05, 4.69) is 26.6 Å². The standard InChI is InChI=1S/C15H19BrN2O4/c1-10(2)8-17-15(21)18-13(19)9-22-14(20)7-11-3-5-12(16)6-4-11/h3-6,10H,7-9H2,1-2H3,(H2,17,18,19,21). The van der Waals surface area contributed by atoms with Crippen LogP contribution < -0.4 is 10.6 Å². The molecular weight excluding hydrogens is 352 g/mol. The van der Waals surface area contributed by atoms with E-state index in [0.717, 1.165) is 10.0 Å². The van der Waals surface area contributed by atoms with E-state index >= 15 is 0 Å². The number of amides is 3. The summed E-state index contributed by atoms with van der Waals surface area (Å²) in [6.07, 6.45) is 0.0695. The summed E-state index contributed by atoms with van der Waals surface area (Å²) in [5, 5.41) is 4.62. The first-order chi connectivity index (χ1) is 10.4. The molecule has 0 spiro atoms. The van der Waals surface area contributed by atoms with Crippen LogP contribution in [-0.4, -0.2) is 31.1 Å². The minimum absolute atomic E-state index is 0.0695. The minimum atomic E-state index is -0.662. The zero-order valence-corrected chi connectivity index (χ0v) is 14.1. The van der Waals surface area contributed by atoms with Gasteiger partial charge < -0.3 is 10.1 Å². The monoisotopic (exact) mass is 370 g/mol. The molecule has 1 aromatic carbocycles. The summed E-state index contributed by atoms with van der Waals surface area (Å²) in [7, 11) is 0. The number of nitrogens with one attached hydrogen (secondary N) is 2. The molecule has 0 saturated heterocycles. The predicted molar refractivity (Wildman–Crippen MR) is 85.2 cm³/mol. The van der Waals surface area contributed by atoms with Gasteiger partial charge in [0, 0.05) is 11.0 Å². The molecule has 1 aromatic rings. The summed E-state index contributed by atoms with van der Waals surface area (Å²) in [4.78, 5) is 34.4. The van der Waals surface area contributed by atoms with E-state index in [1.807, 2.05) is 26.0 Å². The zero-order chi connectivity index (χ0) is 16.5. The molecule has 7 heteroatoms. The Labute approximate surface area is 137 Å². The van der Waals surface area contributed by atoms with Crippen molar-refractivity contribution in [3.8, 4) is 0 Å². The maximum absolute atomic E-state index is 11.6. The molecule has 0 saturated carbocycles. The summed E-state index contributed by atoms with van der Waals surface area (Å²) < 4.78 is 5.74. The maximum Gasteiger partial charge on any atom is 0.321 e. The van der Waals surface area contributed by atoms with Gasteiger partial charge >= 0.3 is 12.0 Å². The summed E-state index contributed by atoms with van der Waals surface area (Å²) in [6.45, 7) is 3.85. The Kier molecular flexibility index (Phi) is 7.59. The van der Waals surface area contributed by atoms with Crippen LogP contribution in [0.3, 0.4) is 0 Å². The number of ether oxygens (including phenoxy) is 1. The van der Waals surface area contributed by atoms with Crippen molar-refractivity contribution in [1.82, 2.24) is 10.6 Å². The highest BCUT2D eigenvalue weighted by molar-refractivity contribution is 9.10. The first-order valence-corrected chi connectivity index (χ1v) is 7.64. The summed E-state index contributed by atoms with van der Waals surface area (Å²) >= 11 is 3.30. The third-order valence-corrected chi connectivity index (χ3v) is 3.08. The van der Waals surface area contributed by atoms with Crippen molar-refractivity contribution >= 4 is 33.8 Å². The number of hydrogen-bond acceptors (Lipinski definition) is 4. The van der Waals surface area contributed by atoms with E-state index < -0.39 is 24.5 Å². The van der Waals surface area contributed by atoms with Crippen LogP contribution in [0.25, 0.3) is 0 Å². The lowest BCUT2D eigenvalue weighted by molar-refractivity contribution is -0.147. The van der Waals surface area contributed by atoms with Crippen LogP contribution in [0.4, 0.5) is 4.79 Å². The molecular formula is C15H19BrN2O4. The number of urea groups is 1. The van der Waals surface area contributed by atoms with Gasteiger partial charge in [-0.3, -0.25) is 14.9 Å². The van der Waals surface area contributed by atoms with Gasteiger partial charge in [0.05, 0.1) is 6.42 Å². The Morgan fingerprint density at radius 2 is 1.82 bits per heavy atom. The van der Waals surface area contributed by atoms with Gasteiger partial charge in [-0.25, -0.2) is 4.79 Å². The lowest BCUT2D eigenvalue weighted by Gasteiger charge is -2.09. The van der Waals surface area contributed by atoms with E-state index in [4.69, 9.17) is 4.74 Å². The molecule has 3 amide bonds. The number of halogens is 1. The van der Waals surface area contributed by atoms with Crippen LogP contribution in [0.2, 0.25) is 0 Å². The van der Waals surface area contributed by atoms with E-state index in [-0.39, 0.29) is 12.3 Å².